The van der Waals surface area contributed by atoms with E-state index in [1.807, 2.05) is 12.1 Å². The molecule has 22 heavy (non-hydrogen) atoms. The van der Waals surface area contributed by atoms with E-state index in [2.05, 4.69) is 0 Å². The van der Waals surface area contributed by atoms with Gasteiger partial charge in [-0.1, -0.05) is 48.5 Å². The van der Waals surface area contributed by atoms with Crippen LogP contribution in [0.4, 0.5) is 0 Å². The highest BCUT2D eigenvalue weighted by molar-refractivity contribution is 7.85. The molecule has 1 fully saturated rings. The van der Waals surface area contributed by atoms with Gasteiger partial charge in [-0.05, 0) is 36.5 Å². The molecule has 1 saturated carbocycles. The highest BCUT2D eigenvalue weighted by Crippen LogP contribution is 2.38. The predicted octanol–water partition coefficient (Wildman–Crippen LogP) is 4.15. The molecule has 1 aliphatic rings. The summed E-state index contributed by atoms with van der Waals surface area (Å²) in [7, 11) is -3.67. The van der Waals surface area contributed by atoms with E-state index in [0.717, 1.165) is 5.56 Å². The SMILES string of the molecule is CS(=O)(=O)O.OCC(c1ccc(Cl)cc1Cl)C1CCCCC1. The summed E-state index contributed by atoms with van der Waals surface area (Å²) in [6.07, 6.45) is 6.98. The van der Waals surface area contributed by atoms with Crippen LogP contribution < -0.4 is 0 Å². The van der Waals surface area contributed by atoms with Crippen LogP contribution in [0.1, 0.15) is 43.6 Å². The van der Waals surface area contributed by atoms with Crippen LogP contribution in [-0.2, 0) is 10.1 Å². The van der Waals surface area contributed by atoms with Crippen molar-refractivity contribution in [2.24, 2.45) is 5.92 Å². The fraction of sp³-hybridized carbons (Fsp3) is 0.600. The number of halogens is 2. The van der Waals surface area contributed by atoms with Gasteiger partial charge in [0.1, 0.15) is 0 Å². The quantitative estimate of drug-likeness (QED) is 0.785. The van der Waals surface area contributed by atoms with E-state index in [1.165, 1.54) is 32.1 Å². The zero-order valence-electron chi connectivity index (χ0n) is 12.5. The number of aliphatic hydroxyl groups excluding tert-OH is 1. The minimum Gasteiger partial charge on any atom is -0.396 e. The van der Waals surface area contributed by atoms with E-state index in [4.69, 9.17) is 27.8 Å². The number of rotatable bonds is 3. The average molecular weight is 369 g/mol. The first kappa shape index (κ1) is 19.7. The van der Waals surface area contributed by atoms with Crippen molar-refractivity contribution >= 4 is 33.3 Å². The summed E-state index contributed by atoms with van der Waals surface area (Å²) < 4.78 is 25.9. The van der Waals surface area contributed by atoms with Gasteiger partial charge in [0.25, 0.3) is 10.1 Å². The molecular formula is C15H22Cl2O4S. The summed E-state index contributed by atoms with van der Waals surface area (Å²) in [5.74, 6) is 0.729. The number of hydrogen-bond acceptors (Lipinski definition) is 3. The van der Waals surface area contributed by atoms with Crippen molar-refractivity contribution in [2.75, 3.05) is 12.9 Å². The standard InChI is InChI=1S/C14H18Cl2O.CH4O3S/c15-11-6-7-12(14(16)8-11)13(9-17)10-4-2-1-3-5-10;1-5(2,3)4/h6-8,10,13,17H,1-5,9H2;1H3,(H,2,3,4). The lowest BCUT2D eigenvalue weighted by molar-refractivity contribution is 0.196. The van der Waals surface area contributed by atoms with Gasteiger partial charge in [-0.25, -0.2) is 0 Å². The summed E-state index contributed by atoms with van der Waals surface area (Å²) in [6.45, 7) is 0.173. The monoisotopic (exact) mass is 368 g/mol. The summed E-state index contributed by atoms with van der Waals surface area (Å²) in [5, 5.41) is 11.0. The predicted molar refractivity (Wildman–Crippen MR) is 90.3 cm³/mol. The molecule has 1 unspecified atom stereocenters. The Labute approximate surface area is 142 Å². The lowest BCUT2D eigenvalue weighted by Crippen LogP contribution is -2.19. The van der Waals surface area contributed by atoms with Gasteiger partial charge in [0.2, 0.25) is 0 Å². The Balaban J connectivity index is 0.000000422. The van der Waals surface area contributed by atoms with Gasteiger partial charge in [-0.2, -0.15) is 8.42 Å². The molecule has 0 saturated heterocycles. The fourth-order valence-electron chi connectivity index (χ4n) is 2.84. The molecule has 7 heteroatoms. The maximum Gasteiger partial charge on any atom is 0.261 e. The second-order valence-corrected chi connectivity index (χ2v) is 7.90. The molecule has 0 bridgehead atoms. The molecule has 1 aliphatic carbocycles. The van der Waals surface area contributed by atoms with Crippen molar-refractivity contribution in [1.29, 1.82) is 0 Å². The normalized spacial score (nSPS) is 17.5. The van der Waals surface area contributed by atoms with Gasteiger partial charge in [0.15, 0.2) is 0 Å². The molecular weight excluding hydrogens is 347 g/mol. The summed E-state index contributed by atoms with van der Waals surface area (Å²) in [6, 6.07) is 5.58. The van der Waals surface area contributed by atoms with Crippen LogP contribution >= 0.6 is 23.2 Å². The highest BCUT2D eigenvalue weighted by Gasteiger charge is 2.25. The third kappa shape index (κ3) is 7.29. The van der Waals surface area contributed by atoms with E-state index in [9.17, 15) is 13.5 Å². The van der Waals surface area contributed by atoms with Crippen LogP contribution in [0.15, 0.2) is 18.2 Å². The number of benzene rings is 1. The van der Waals surface area contributed by atoms with Crippen LogP contribution in [0.5, 0.6) is 0 Å². The van der Waals surface area contributed by atoms with Crippen molar-refractivity contribution in [3.05, 3.63) is 33.8 Å². The molecule has 0 amide bonds. The topological polar surface area (TPSA) is 74.6 Å². The molecule has 0 aliphatic heterocycles. The molecule has 126 valence electrons. The maximum absolute atomic E-state index is 9.63. The fourth-order valence-corrected chi connectivity index (χ4v) is 3.39. The summed E-state index contributed by atoms with van der Waals surface area (Å²) >= 11 is 12.1. The molecule has 2 N–H and O–H groups in total. The van der Waals surface area contributed by atoms with Crippen LogP contribution in [0.2, 0.25) is 10.0 Å². The van der Waals surface area contributed by atoms with Gasteiger partial charge in [-0.15, -0.1) is 0 Å². The zero-order valence-corrected chi connectivity index (χ0v) is 14.8. The van der Waals surface area contributed by atoms with Crippen molar-refractivity contribution in [2.45, 2.75) is 38.0 Å². The van der Waals surface area contributed by atoms with Gasteiger partial charge < -0.3 is 5.11 Å². The van der Waals surface area contributed by atoms with Gasteiger partial charge in [-0.3, -0.25) is 4.55 Å². The lowest BCUT2D eigenvalue weighted by atomic mass is 9.77. The minimum absolute atomic E-state index is 0.167. The second kappa shape index (κ2) is 9.08. The number of hydrogen-bond donors (Lipinski definition) is 2. The van der Waals surface area contributed by atoms with Gasteiger partial charge >= 0.3 is 0 Å². The minimum atomic E-state index is -3.67. The van der Waals surface area contributed by atoms with E-state index in [-0.39, 0.29) is 12.5 Å². The van der Waals surface area contributed by atoms with Crippen molar-refractivity contribution in [3.8, 4) is 0 Å². The highest BCUT2D eigenvalue weighted by atomic mass is 35.5. The molecule has 0 radical (unpaired) electrons. The third-order valence-electron chi connectivity index (χ3n) is 3.78. The van der Waals surface area contributed by atoms with E-state index in [1.54, 1.807) is 6.07 Å². The Morgan fingerprint density at radius 2 is 1.77 bits per heavy atom. The summed E-state index contributed by atoms with van der Waals surface area (Å²) in [4.78, 5) is 0. The van der Waals surface area contributed by atoms with E-state index < -0.39 is 10.1 Å². The molecule has 1 aromatic rings. The Bertz CT molecular complexity index is 561. The first-order valence-corrected chi connectivity index (χ1v) is 9.81. The Hall–Kier alpha value is -0.330. The molecule has 0 spiro atoms. The van der Waals surface area contributed by atoms with Crippen molar-refractivity contribution in [1.82, 2.24) is 0 Å². The van der Waals surface area contributed by atoms with Crippen molar-refractivity contribution in [3.63, 3.8) is 0 Å². The molecule has 1 aromatic carbocycles. The largest absolute Gasteiger partial charge is 0.396 e. The van der Waals surface area contributed by atoms with Gasteiger partial charge in [0, 0.05) is 16.0 Å². The van der Waals surface area contributed by atoms with Crippen LogP contribution in [0.3, 0.4) is 0 Å². The van der Waals surface area contributed by atoms with Crippen molar-refractivity contribution < 1.29 is 18.1 Å². The third-order valence-corrected chi connectivity index (χ3v) is 4.34. The lowest BCUT2D eigenvalue weighted by Gasteiger charge is -2.29. The Morgan fingerprint density at radius 3 is 2.23 bits per heavy atom. The first-order valence-electron chi connectivity index (χ1n) is 7.20. The van der Waals surface area contributed by atoms with Crippen LogP contribution in [0, 0.1) is 5.92 Å². The molecule has 4 nitrogen and oxygen atoms in total. The summed E-state index contributed by atoms with van der Waals surface area (Å²) in [5.41, 5.74) is 1.05. The van der Waals surface area contributed by atoms with Crippen LogP contribution in [-0.4, -0.2) is 30.9 Å². The van der Waals surface area contributed by atoms with Gasteiger partial charge in [0.05, 0.1) is 12.9 Å². The second-order valence-electron chi connectivity index (χ2n) is 5.59. The van der Waals surface area contributed by atoms with E-state index >= 15 is 0 Å². The Morgan fingerprint density at radius 1 is 1.23 bits per heavy atom. The maximum atomic E-state index is 9.63. The molecule has 0 aromatic heterocycles. The number of aliphatic hydroxyl groups is 1. The van der Waals surface area contributed by atoms with E-state index in [0.29, 0.717) is 22.2 Å². The molecule has 0 heterocycles. The van der Waals surface area contributed by atoms with Crippen LogP contribution in [0.25, 0.3) is 0 Å². The molecule has 2 rings (SSSR count). The average Bonchev–Trinajstić information content (AvgIpc) is 2.41. The molecule has 1 atom stereocenters. The zero-order chi connectivity index (χ0) is 16.8. The smallest absolute Gasteiger partial charge is 0.261 e. The first-order chi connectivity index (χ1) is 10.2. The Kier molecular flexibility index (Phi) is 8.14.